The van der Waals surface area contributed by atoms with E-state index in [2.05, 4.69) is 21.2 Å². The molecule has 0 aliphatic heterocycles. The molecule has 106 valence electrons. The predicted molar refractivity (Wildman–Crippen MR) is 82.6 cm³/mol. The van der Waals surface area contributed by atoms with Gasteiger partial charge in [-0.15, -0.1) is 0 Å². The van der Waals surface area contributed by atoms with Gasteiger partial charge in [0, 0.05) is 10.0 Å². The van der Waals surface area contributed by atoms with Gasteiger partial charge >= 0.3 is 0 Å². The molecule has 2 aromatic rings. The van der Waals surface area contributed by atoms with E-state index in [1.807, 2.05) is 31.2 Å². The topological polar surface area (TPSA) is 21.3 Å². The van der Waals surface area contributed by atoms with E-state index in [1.54, 1.807) is 19.2 Å². The standard InChI is InChI=1S/C16H17BrFNO/c1-3-19-16(13-6-4-5-7-15(13)18)12-9-8-11(20-2)10-14(12)17/h4-10,16,19H,3H2,1-2H3. The molecule has 0 spiro atoms. The Morgan fingerprint density at radius 3 is 2.55 bits per heavy atom. The molecule has 1 unspecified atom stereocenters. The van der Waals surface area contributed by atoms with Crippen molar-refractivity contribution in [1.29, 1.82) is 0 Å². The van der Waals surface area contributed by atoms with Crippen LogP contribution in [-0.4, -0.2) is 13.7 Å². The van der Waals surface area contributed by atoms with Crippen molar-refractivity contribution in [1.82, 2.24) is 5.32 Å². The van der Waals surface area contributed by atoms with Gasteiger partial charge in [-0.1, -0.05) is 47.1 Å². The van der Waals surface area contributed by atoms with Crippen LogP contribution in [0.2, 0.25) is 0 Å². The number of methoxy groups -OCH3 is 1. The summed E-state index contributed by atoms with van der Waals surface area (Å²) in [6, 6.07) is 12.4. The monoisotopic (exact) mass is 337 g/mol. The molecular weight excluding hydrogens is 321 g/mol. The summed E-state index contributed by atoms with van der Waals surface area (Å²) in [7, 11) is 1.63. The molecule has 2 nitrogen and oxygen atoms in total. The maximum atomic E-state index is 14.0. The highest BCUT2D eigenvalue weighted by molar-refractivity contribution is 9.10. The van der Waals surface area contributed by atoms with Crippen molar-refractivity contribution in [2.75, 3.05) is 13.7 Å². The van der Waals surface area contributed by atoms with Crippen LogP contribution in [0.5, 0.6) is 5.75 Å². The van der Waals surface area contributed by atoms with Gasteiger partial charge in [-0.2, -0.15) is 0 Å². The number of benzene rings is 2. The SMILES string of the molecule is CCNC(c1ccccc1F)c1ccc(OC)cc1Br. The van der Waals surface area contributed by atoms with Crippen molar-refractivity contribution in [2.45, 2.75) is 13.0 Å². The van der Waals surface area contributed by atoms with Gasteiger partial charge in [-0.3, -0.25) is 0 Å². The van der Waals surface area contributed by atoms with Gasteiger partial charge in [0.15, 0.2) is 0 Å². The Kier molecular flexibility index (Phi) is 5.15. The van der Waals surface area contributed by atoms with Crippen LogP contribution in [0.25, 0.3) is 0 Å². The largest absolute Gasteiger partial charge is 0.497 e. The summed E-state index contributed by atoms with van der Waals surface area (Å²) in [4.78, 5) is 0. The number of nitrogens with one attached hydrogen (secondary N) is 1. The Bertz CT molecular complexity index is 588. The summed E-state index contributed by atoms with van der Waals surface area (Å²) in [5.74, 6) is 0.561. The summed E-state index contributed by atoms with van der Waals surface area (Å²) in [5.41, 5.74) is 1.62. The fourth-order valence-corrected chi connectivity index (χ4v) is 2.76. The average molecular weight is 338 g/mol. The lowest BCUT2D eigenvalue weighted by Crippen LogP contribution is -2.23. The van der Waals surface area contributed by atoms with Crippen molar-refractivity contribution in [3.8, 4) is 5.75 Å². The van der Waals surface area contributed by atoms with Gasteiger partial charge in [0.1, 0.15) is 11.6 Å². The first-order valence-corrected chi connectivity index (χ1v) is 7.28. The smallest absolute Gasteiger partial charge is 0.128 e. The van der Waals surface area contributed by atoms with Crippen LogP contribution in [-0.2, 0) is 0 Å². The molecule has 2 aromatic carbocycles. The predicted octanol–water partition coefficient (Wildman–Crippen LogP) is 4.30. The quantitative estimate of drug-likeness (QED) is 0.878. The van der Waals surface area contributed by atoms with E-state index in [4.69, 9.17) is 4.74 Å². The summed E-state index contributed by atoms with van der Waals surface area (Å²) in [5, 5.41) is 3.32. The third-order valence-corrected chi connectivity index (χ3v) is 3.83. The van der Waals surface area contributed by atoms with E-state index in [0.717, 1.165) is 22.3 Å². The molecular formula is C16H17BrFNO. The van der Waals surface area contributed by atoms with Crippen LogP contribution >= 0.6 is 15.9 Å². The van der Waals surface area contributed by atoms with Crippen LogP contribution in [0, 0.1) is 5.82 Å². The molecule has 0 aliphatic rings. The Morgan fingerprint density at radius 1 is 1.20 bits per heavy atom. The Balaban J connectivity index is 2.46. The fraction of sp³-hybridized carbons (Fsp3) is 0.250. The minimum absolute atomic E-state index is 0.193. The average Bonchev–Trinajstić information content (AvgIpc) is 2.46. The van der Waals surface area contributed by atoms with Gasteiger partial charge in [-0.05, 0) is 30.3 Å². The molecule has 0 fully saturated rings. The van der Waals surface area contributed by atoms with Crippen LogP contribution in [0.15, 0.2) is 46.9 Å². The molecule has 0 saturated carbocycles. The summed E-state index contributed by atoms with van der Waals surface area (Å²) in [6.45, 7) is 2.75. The zero-order valence-electron chi connectivity index (χ0n) is 11.5. The maximum Gasteiger partial charge on any atom is 0.128 e. The molecule has 2 rings (SSSR count). The first-order valence-electron chi connectivity index (χ1n) is 6.48. The minimum Gasteiger partial charge on any atom is -0.497 e. The molecule has 1 N–H and O–H groups in total. The molecule has 0 saturated heterocycles. The van der Waals surface area contributed by atoms with Gasteiger partial charge in [-0.25, -0.2) is 4.39 Å². The first-order chi connectivity index (χ1) is 9.67. The van der Waals surface area contributed by atoms with Crippen molar-refractivity contribution in [2.24, 2.45) is 0 Å². The number of halogens is 2. The minimum atomic E-state index is -0.207. The van der Waals surface area contributed by atoms with Gasteiger partial charge < -0.3 is 10.1 Å². The van der Waals surface area contributed by atoms with E-state index in [0.29, 0.717) is 5.56 Å². The molecule has 0 bridgehead atoms. The second-order valence-electron chi connectivity index (χ2n) is 4.40. The highest BCUT2D eigenvalue weighted by Crippen LogP contribution is 2.32. The highest BCUT2D eigenvalue weighted by Gasteiger charge is 2.19. The van der Waals surface area contributed by atoms with Crippen molar-refractivity contribution >= 4 is 15.9 Å². The maximum absolute atomic E-state index is 14.0. The molecule has 20 heavy (non-hydrogen) atoms. The Hall–Kier alpha value is -1.39. The second-order valence-corrected chi connectivity index (χ2v) is 5.25. The van der Waals surface area contributed by atoms with Gasteiger partial charge in [0.05, 0.1) is 13.2 Å². The van der Waals surface area contributed by atoms with Crippen LogP contribution < -0.4 is 10.1 Å². The normalized spacial score (nSPS) is 12.2. The molecule has 4 heteroatoms. The second kappa shape index (κ2) is 6.86. The van der Waals surface area contributed by atoms with Crippen LogP contribution in [0.3, 0.4) is 0 Å². The van der Waals surface area contributed by atoms with Gasteiger partial charge in [0.2, 0.25) is 0 Å². The first kappa shape index (κ1) is 15.0. The van der Waals surface area contributed by atoms with Crippen molar-refractivity contribution in [3.05, 3.63) is 63.9 Å². The van der Waals surface area contributed by atoms with E-state index >= 15 is 0 Å². The van der Waals surface area contributed by atoms with E-state index in [-0.39, 0.29) is 11.9 Å². The zero-order chi connectivity index (χ0) is 14.5. The van der Waals surface area contributed by atoms with E-state index < -0.39 is 0 Å². The Labute approximate surface area is 127 Å². The lowest BCUT2D eigenvalue weighted by Gasteiger charge is -2.21. The molecule has 0 radical (unpaired) electrons. The third kappa shape index (κ3) is 3.19. The van der Waals surface area contributed by atoms with E-state index in [9.17, 15) is 4.39 Å². The summed E-state index contributed by atoms with van der Waals surface area (Å²) in [6.07, 6.45) is 0. The lowest BCUT2D eigenvalue weighted by molar-refractivity contribution is 0.414. The van der Waals surface area contributed by atoms with Crippen molar-refractivity contribution < 1.29 is 9.13 Å². The molecule has 0 aromatic heterocycles. The zero-order valence-corrected chi connectivity index (χ0v) is 13.1. The van der Waals surface area contributed by atoms with E-state index in [1.165, 1.54) is 6.07 Å². The van der Waals surface area contributed by atoms with Crippen LogP contribution in [0.4, 0.5) is 4.39 Å². The number of ether oxygens (including phenoxy) is 1. The third-order valence-electron chi connectivity index (χ3n) is 3.14. The molecule has 0 amide bonds. The lowest BCUT2D eigenvalue weighted by atomic mass is 9.98. The fourth-order valence-electron chi connectivity index (χ4n) is 2.17. The molecule has 1 atom stereocenters. The van der Waals surface area contributed by atoms with Gasteiger partial charge in [0.25, 0.3) is 0 Å². The molecule has 0 heterocycles. The number of hydrogen-bond donors (Lipinski definition) is 1. The highest BCUT2D eigenvalue weighted by atomic mass is 79.9. The summed E-state index contributed by atoms with van der Waals surface area (Å²) >= 11 is 3.54. The van der Waals surface area contributed by atoms with Crippen molar-refractivity contribution in [3.63, 3.8) is 0 Å². The summed E-state index contributed by atoms with van der Waals surface area (Å²) < 4.78 is 20.1. The molecule has 0 aliphatic carbocycles. The Morgan fingerprint density at radius 2 is 1.95 bits per heavy atom. The number of hydrogen-bond acceptors (Lipinski definition) is 2. The van der Waals surface area contributed by atoms with Crippen LogP contribution in [0.1, 0.15) is 24.1 Å². The number of rotatable bonds is 5.